The van der Waals surface area contributed by atoms with Crippen LogP contribution in [0.15, 0.2) is 36.4 Å². The van der Waals surface area contributed by atoms with Gasteiger partial charge in [0.15, 0.2) is 0 Å². The molecule has 0 radical (unpaired) electrons. The number of imidazole rings is 1. The molecule has 0 spiro atoms. The normalized spacial score (nSPS) is 19.7. The van der Waals surface area contributed by atoms with Crippen LogP contribution >= 0.6 is 0 Å². The van der Waals surface area contributed by atoms with Crippen LogP contribution in [-0.2, 0) is 11.8 Å². The minimum atomic E-state index is -0.306. The monoisotopic (exact) mass is 380 g/mol. The third kappa shape index (κ3) is 3.52. The predicted molar refractivity (Wildman–Crippen MR) is 109 cm³/mol. The molecule has 1 heterocycles. The zero-order valence-corrected chi connectivity index (χ0v) is 16.2. The lowest BCUT2D eigenvalue weighted by molar-refractivity contribution is -0.120. The number of hydrogen-bond donors (Lipinski definition) is 2. The summed E-state index contributed by atoms with van der Waals surface area (Å²) in [5.74, 6) is 0.420. The van der Waals surface area contributed by atoms with Crippen LogP contribution in [0.1, 0.15) is 31.2 Å². The van der Waals surface area contributed by atoms with E-state index in [4.69, 9.17) is 5.73 Å². The van der Waals surface area contributed by atoms with Crippen LogP contribution in [0.4, 0.5) is 10.1 Å². The third-order valence-corrected chi connectivity index (χ3v) is 5.68. The van der Waals surface area contributed by atoms with E-state index in [2.05, 4.69) is 10.3 Å². The lowest BCUT2D eigenvalue weighted by atomic mass is 9.85. The largest absolute Gasteiger partial charge is 0.328 e. The van der Waals surface area contributed by atoms with E-state index in [1.165, 1.54) is 12.1 Å². The van der Waals surface area contributed by atoms with Crippen molar-refractivity contribution in [1.29, 1.82) is 0 Å². The topological polar surface area (TPSA) is 72.9 Å². The predicted octanol–water partition coefficient (Wildman–Crippen LogP) is 4.14. The van der Waals surface area contributed by atoms with E-state index in [-0.39, 0.29) is 23.7 Å². The maximum absolute atomic E-state index is 13.5. The van der Waals surface area contributed by atoms with E-state index in [1.54, 1.807) is 6.07 Å². The highest BCUT2D eigenvalue weighted by atomic mass is 19.1. The maximum atomic E-state index is 13.5. The number of anilines is 1. The number of rotatable bonds is 3. The van der Waals surface area contributed by atoms with Crippen LogP contribution in [0.5, 0.6) is 0 Å². The zero-order chi connectivity index (χ0) is 19.8. The quantitative estimate of drug-likeness (QED) is 0.717. The van der Waals surface area contributed by atoms with Gasteiger partial charge >= 0.3 is 0 Å². The van der Waals surface area contributed by atoms with Gasteiger partial charge in [-0.15, -0.1) is 0 Å². The number of aromatic nitrogens is 2. The first-order valence-electron chi connectivity index (χ1n) is 9.72. The molecule has 1 aromatic heterocycles. The second kappa shape index (κ2) is 7.36. The fourth-order valence-electron chi connectivity index (χ4n) is 4.03. The summed E-state index contributed by atoms with van der Waals surface area (Å²) in [5.41, 5.74) is 10.1. The Morgan fingerprint density at radius 3 is 2.86 bits per heavy atom. The molecule has 2 atom stereocenters. The Labute approximate surface area is 163 Å². The lowest BCUT2D eigenvalue weighted by Crippen LogP contribution is -2.34. The van der Waals surface area contributed by atoms with Gasteiger partial charge in [0.2, 0.25) is 5.91 Å². The summed E-state index contributed by atoms with van der Waals surface area (Å²) in [5, 5.41) is 3.08. The molecule has 1 saturated carbocycles. The first kappa shape index (κ1) is 18.6. The molecule has 28 heavy (non-hydrogen) atoms. The average molecular weight is 380 g/mol. The van der Waals surface area contributed by atoms with Gasteiger partial charge in [-0.2, -0.15) is 0 Å². The number of aryl methyl sites for hydroxylation is 2. The molecular weight excluding hydrogens is 355 g/mol. The van der Waals surface area contributed by atoms with E-state index >= 15 is 0 Å². The molecule has 5 nitrogen and oxygen atoms in total. The minimum absolute atomic E-state index is 0.0301. The van der Waals surface area contributed by atoms with Crippen molar-refractivity contribution in [3.8, 4) is 11.4 Å². The Kier molecular flexibility index (Phi) is 4.89. The van der Waals surface area contributed by atoms with Crippen LogP contribution in [0.3, 0.4) is 0 Å². The van der Waals surface area contributed by atoms with Gasteiger partial charge < -0.3 is 15.6 Å². The molecule has 6 heteroatoms. The van der Waals surface area contributed by atoms with Crippen LogP contribution in [0, 0.1) is 18.7 Å². The van der Waals surface area contributed by atoms with E-state index in [9.17, 15) is 9.18 Å². The molecule has 146 valence electrons. The number of nitrogens with two attached hydrogens (primary N) is 1. The molecule has 0 aliphatic heterocycles. The number of nitrogens with one attached hydrogen (secondary N) is 1. The molecule has 2 aromatic carbocycles. The molecule has 3 N–H and O–H groups in total. The standard InChI is InChI=1S/C22H25FN4O/c1-13-6-7-14(21-25-19-12-16(23)8-9-20(19)27(21)2)11-18(13)26-22(28)15-4-3-5-17(24)10-15/h6-9,11-12,15,17H,3-5,10,24H2,1-2H3,(H,26,28). The van der Waals surface area contributed by atoms with Crippen molar-refractivity contribution in [1.82, 2.24) is 9.55 Å². The summed E-state index contributed by atoms with van der Waals surface area (Å²) >= 11 is 0. The molecule has 3 aromatic rings. The Morgan fingerprint density at radius 1 is 1.25 bits per heavy atom. The minimum Gasteiger partial charge on any atom is -0.328 e. The highest BCUT2D eigenvalue weighted by Crippen LogP contribution is 2.29. The van der Waals surface area contributed by atoms with Gasteiger partial charge in [0, 0.05) is 36.3 Å². The number of nitrogens with zero attached hydrogens (tertiary/aromatic N) is 2. The summed E-state index contributed by atoms with van der Waals surface area (Å²) in [6, 6.07) is 10.6. The number of benzene rings is 2. The Hall–Kier alpha value is -2.73. The van der Waals surface area contributed by atoms with E-state index in [0.717, 1.165) is 53.8 Å². The smallest absolute Gasteiger partial charge is 0.227 e. The molecular formula is C22H25FN4O. The number of halogens is 1. The van der Waals surface area contributed by atoms with Crippen molar-refractivity contribution < 1.29 is 9.18 Å². The number of carbonyl (C=O) groups is 1. The summed E-state index contributed by atoms with van der Waals surface area (Å²) in [4.78, 5) is 17.3. The van der Waals surface area contributed by atoms with Crippen molar-refractivity contribution in [2.24, 2.45) is 18.7 Å². The van der Waals surface area contributed by atoms with Crippen LogP contribution in [0.25, 0.3) is 22.4 Å². The van der Waals surface area contributed by atoms with Crippen molar-refractivity contribution in [2.45, 2.75) is 38.6 Å². The zero-order valence-electron chi connectivity index (χ0n) is 16.2. The highest BCUT2D eigenvalue weighted by Gasteiger charge is 2.25. The highest BCUT2D eigenvalue weighted by molar-refractivity contribution is 5.94. The molecule has 0 bridgehead atoms. The van der Waals surface area contributed by atoms with Crippen LogP contribution in [0.2, 0.25) is 0 Å². The second-order valence-corrected chi connectivity index (χ2v) is 7.77. The second-order valence-electron chi connectivity index (χ2n) is 7.77. The van der Waals surface area contributed by atoms with Gasteiger partial charge in [-0.1, -0.05) is 18.6 Å². The van der Waals surface area contributed by atoms with Gasteiger partial charge in [-0.3, -0.25) is 4.79 Å². The summed E-state index contributed by atoms with van der Waals surface area (Å²) in [7, 11) is 1.91. The van der Waals surface area contributed by atoms with Crippen molar-refractivity contribution in [3.63, 3.8) is 0 Å². The molecule has 0 saturated heterocycles. The van der Waals surface area contributed by atoms with Gasteiger partial charge in [0.1, 0.15) is 11.6 Å². The summed E-state index contributed by atoms with van der Waals surface area (Å²) < 4.78 is 15.5. The van der Waals surface area contributed by atoms with Crippen molar-refractivity contribution >= 4 is 22.6 Å². The van der Waals surface area contributed by atoms with E-state index < -0.39 is 0 Å². The molecule has 1 aliphatic rings. The number of carbonyl (C=O) groups excluding carboxylic acids is 1. The number of amides is 1. The lowest BCUT2D eigenvalue weighted by Gasteiger charge is -2.26. The van der Waals surface area contributed by atoms with Crippen LogP contribution in [-0.4, -0.2) is 21.5 Å². The van der Waals surface area contributed by atoms with E-state index in [0.29, 0.717) is 5.52 Å². The Balaban J connectivity index is 1.64. The molecule has 1 aliphatic carbocycles. The van der Waals surface area contributed by atoms with Crippen molar-refractivity contribution in [3.05, 3.63) is 47.8 Å². The van der Waals surface area contributed by atoms with Gasteiger partial charge in [-0.05, 0) is 49.9 Å². The maximum Gasteiger partial charge on any atom is 0.227 e. The first-order chi connectivity index (χ1) is 13.4. The first-order valence-corrected chi connectivity index (χ1v) is 9.72. The van der Waals surface area contributed by atoms with Crippen LogP contribution < -0.4 is 11.1 Å². The summed E-state index contributed by atoms with van der Waals surface area (Å²) in [6.07, 6.45) is 3.61. The fraction of sp³-hybridized carbons (Fsp3) is 0.364. The Morgan fingerprint density at radius 2 is 2.07 bits per heavy atom. The number of hydrogen-bond acceptors (Lipinski definition) is 3. The SMILES string of the molecule is Cc1ccc(-c2nc3cc(F)ccc3n2C)cc1NC(=O)C1CCCC(N)C1. The fourth-order valence-corrected chi connectivity index (χ4v) is 4.03. The van der Waals surface area contributed by atoms with Crippen molar-refractivity contribution in [2.75, 3.05) is 5.32 Å². The summed E-state index contributed by atoms with van der Waals surface area (Å²) in [6.45, 7) is 1.97. The molecule has 1 amide bonds. The van der Waals surface area contributed by atoms with Gasteiger partial charge in [0.25, 0.3) is 0 Å². The molecule has 4 rings (SSSR count). The molecule has 1 fully saturated rings. The average Bonchev–Trinajstić information content (AvgIpc) is 2.99. The van der Waals surface area contributed by atoms with Gasteiger partial charge in [0.05, 0.1) is 11.0 Å². The van der Waals surface area contributed by atoms with E-state index in [1.807, 2.05) is 36.7 Å². The van der Waals surface area contributed by atoms with Gasteiger partial charge in [-0.25, -0.2) is 9.37 Å². The molecule has 2 unspecified atom stereocenters. The number of fused-ring (bicyclic) bond motifs is 1. The third-order valence-electron chi connectivity index (χ3n) is 5.68. The Bertz CT molecular complexity index is 1040.